The minimum atomic E-state index is -0.964. The molecule has 7 heteroatoms. The quantitative estimate of drug-likeness (QED) is 0.550. The summed E-state index contributed by atoms with van der Waals surface area (Å²) in [4.78, 5) is 44.4. The van der Waals surface area contributed by atoms with Gasteiger partial charge in [0.15, 0.2) is 6.04 Å². The number of carbonyl (C=O) groups excluding carboxylic acids is 3. The molecule has 0 unspecified atom stereocenters. The van der Waals surface area contributed by atoms with E-state index in [0.29, 0.717) is 19.5 Å². The molecule has 182 valence electrons. The highest BCUT2D eigenvalue weighted by Crippen LogP contribution is 2.24. The van der Waals surface area contributed by atoms with Crippen LogP contribution in [0.3, 0.4) is 0 Å². The van der Waals surface area contributed by atoms with Crippen molar-refractivity contribution in [2.75, 3.05) is 13.6 Å². The Morgan fingerprint density at radius 2 is 1.50 bits per heavy atom. The summed E-state index contributed by atoms with van der Waals surface area (Å²) in [6.07, 6.45) is 0.493. The number of amides is 3. The Kier molecular flexibility index (Phi) is 8.10. The van der Waals surface area contributed by atoms with Gasteiger partial charge < -0.3 is 9.64 Å². The van der Waals surface area contributed by atoms with Gasteiger partial charge >= 0.3 is 12.0 Å². The van der Waals surface area contributed by atoms with E-state index in [4.69, 9.17) is 4.74 Å². The number of hydrogen-bond acceptors (Lipinski definition) is 5. The van der Waals surface area contributed by atoms with E-state index in [2.05, 4.69) is 4.90 Å². The van der Waals surface area contributed by atoms with Crippen LogP contribution in [0, 0.1) is 0 Å². The largest absolute Gasteiger partial charge is 0.458 e. The van der Waals surface area contributed by atoms with Crippen molar-refractivity contribution in [3.8, 4) is 0 Å². The van der Waals surface area contributed by atoms with Gasteiger partial charge in [0.1, 0.15) is 5.60 Å². The molecule has 1 saturated heterocycles. The first-order valence-electron chi connectivity index (χ1n) is 11.7. The molecule has 0 aromatic heterocycles. The zero-order valence-electron chi connectivity index (χ0n) is 20.7. The summed E-state index contributed by atoms with van der Waals surface area (Å²) in [6.45, 7) is 8.44. The van der Waals surface area contributed by atoms with E-state index in [0.717, 1.165) is 16.0 Å². The molecular weight excluding hydrogens is 430 g/mol. The summed E-state index contributed by atoms with van der Waals surface area (Å²) < 4.78 is 5.54. The van der Waals surface area contributed by atoms with Crippen molar-refractivity contribution in [1.82, 2.24) is 14.7 Å². The van der Waals surface area contributed by atoms with E-state index in [1.165, 1.54) is 4.90 Å². The summed E-state index contributed by atoms with van der Waals surface area (Å²) in [7, 11) is 1.60. The second-order valence-corrected chi connectivity index (χ2v) is 9.72. The molecule has 34 heavy (non-hydrogen) atoms. The molecule has 0 radical (unpaired) electrons. The number of esters is 1. The molecule has 1 fully saturated rings. The Bertz CT molecular complexity index is 946. The van der Waals surface area contributed by atoms with Crippen molar-refractivity contribution in [2.45, 2.75) is 64.9 Å². The number of ether oxygens (including phenoxy) is 1. The van der Waals surface area contributed by atoms with Crippen LogP contribution < -0.4 is 0 Å². The van der Waals surface area contributed by atoms with Crippen LogP contribution in [-0.2, 0) is 27.4 Å². The summed E-state index contributed by atoms with van der Waals surface area (Å²) >= 11 is 0. The number of rotatable bonds is 8. The fourth-order valence-electron chi connectivity index (χ4n) is 4.20. The van der Waals surface area contributed by atoms with Crippen LogP contribution in [0.15, 0.2) is 60.7 Å². The maximum atomic E-state index is 13.9. The third-order valence-corrected chi connectivity index (χ3v) is 5.78. The zero-order chi connectivity index (χ0) is 24.9. The van der Waals surface area contributed by atoms with Crippen molar-refractivity contribution >= 4 is 17.9 Å². The number of hydrogen-bond donors (Lipinski definition) is 0. The molecule has 0 N–H and O–H groups in total. The van der Waals surface area contributed by atoms with E-state index in [1.54, 1.807) is 27.8 Å². The maximum absolute atomic E-state index is 13.9. The third kappa shape index (κ3) is 6.23. The minimum Gasteiger partial charge on any atom is -0.458 e. The number of benzene rings is 2. The van der Waals surface area contributed by atoms with Crippen LogP contribution in [-0.4, -0.2) is 63.9 Å². The van der Waals surface area contributed by atoms with Crippen LogP contribution in [0.1, 0.15) is 45.2 Å². The number of imide groups is 1. The highest BCUT2D eigenvalue weighted by atomic mass is 16.6. The van der Waals surface area contributed by atoms with Crippen LogP contribution in [0.4, 0.5) is 4.79 Å². The fraction of sp³-hybridized carbons (Fsp3) is 0.444. The first kappa shape index (κ1) is 25.4. The lowest BCUT2D eigenvalue weighted by Gasteiger charge is -2.34. The zero-order valence-corrected chi connectivity index (χ0v) is 20.7. The minimum absolute atomic E-state index is 0.118. The molecule has 1 aliphatic rings. The Labute approximate surface area is 202 Å². The molecular formula is C27H35N3O4. The molecule has 0 bridgehead atoms. The Morgan fingerprint density at radius 1 is 1.00 bits per heavy atom. The van der Waals surface area contributed by atoms with Crippen LogP contribution in [0.2, 0.25) is 0 Å². The molecule has 2 aromatic rings. The van der Waals surface area contributed by atoms with E-state index in [1.807, 2.05) is 67.6 Å². The van der Waals surface area contributed by atoms with Gasteiger partial charge in [-0.1, -0.05) is 67.6 Å². The molecule has 0 aliphatic carbocycles. The SMILES string of the molecule is CC[C@H](C(=O)N1C(=O)N(C)C[C@H]1C(=O)OC(C)(C)C)N(Cc1ccccc1)Cc1ccccc1. The smallest absolute Gasteiger partial charge is 0.331 e. The van der Waals surface area contributed by atoms with Crippen molar-refractivity contribution in [1.29, 1.82) is 0 Å². The highest BCUT2D eigenvalue weighted by molar-refractivity contribution is 6.03. The summed E-state index contributed by atoms with van der Waals surface area (Å²) in [5.74, 6) is -0.939. The topological polar surface area (TPSA) is 70.2 Å². The average molecular weight is 466 g/mol. The van der Waals surface area contributed by atoms with Crippen molar-refractivity contribution < 1.29 is 19.1 Å². The van der Waals surface area contributed by atoms with E-state index in [9.17, 15) is 14.4 Å². The Morgan fingerprint density at radius 3 is 1.94 bits per heavy atom. The molecule has 2 aromatic carbocycles. The first-order chi connectivity index (χ1) is 16.1. The van der Waals surface area contributed by atoms with Gasteiger partial charge in [-0.25, -0.2) is 14.5 Å². The second kappa shape index (κ2) is 10.8. The molecule has 3 amide bonds. The van der Waals surface area contributed by atoms with Crippen molar-refractivity contribution in [2.24, 2.45) is 0 Å². The second-order valence-electron chi connectivity index (χ2n) is 9.72. The molecule has 0 saturated carbocycles. The van der Waals surface area contributed by atoms with Crippen LogP contribution in [0.5, 0.6) is 0 Å². The Hall–Kier alpha value is -3.19. The van der Waals surface area contributed by atoms with Gasteiger partial charge in [-0.2, -0.15) is 0 Å². The normalized spacial score (nSPS) is 17.2. The highest BCUT2D eigenvalue weighted by Gasteiger charge is 2.47. The van der Waals surface area contributed by atoms with Crippen molar-refractivity contribution in [3.05, 3.63) is 71.8 Å². The van der Waals surface area contributed by atoms with Gasteiger partial charge in [-0.15, -0.1) is 0 Å². The molecule has 1 aliphatic heterocycles. The number of nitrogens with zero attached hydrogens (tertiary/aromatic N) is 3. The third-order valence-electron chi connectivity index (χ3n) is 5.78. The molecule has 2 atom stereocenters. The molecule has 3 rings (SSSR count). The monoisotopic (exact) mass is 465 g/mol. The lowest BCUT2D eigenvalue weighted by molar-refractivity contribution is -0.162. The fourth-order valence-corrected chi connectivity index (χ4v) is 4.20. The summed E-state index contributed by atoms with van der Waals surface area (Å²) in [5, 5.41) is 0. The predicted molar refractivity (Wildman–Crippen MR) is 131 cm³/mol. The maximum Gasteiger partial charge on any atom is 0.331 e. The predicted octanol–water partition coefficient (Wildman–Crippen LogP) is 4.07. The number of urea groups is 1. The summed E-state index contributed by atoms with van der Waals surface area (Å²) in [6, 6.07) is 17.9. The van der Waals surface area contributed by atoms with Gasteiger partial charge in [-0.05, 0) is 38.3 Å². The lowest BCUT2D eigenvalue weighted by atomic mass is 10.1. The average Bonchev–Trinajstić information content (AvgIpc) is 3.09. The van der Waals surface area contributed by atoms with Gasteiger partial charge in [0, 0.05) is 20.1 Å². The van der Waals surface area contributed by atoms with Crippen LogP contribution >= 0.6 is 0 Å². The number of carbonyl (C=O) groups is 3. The van der Waals surface area contributed by atoms with Gasteiger partial charge in [-0.3, -0.25) is 9.69 Å². The Balaban J connectivity index is 1.91. The summed E-state index contributed by atoms with van der Waals surface area (Å²) in [5.41, 5.74) is 1.42. The van der Waals surface area contributed by atoms with E-state index >= 15 is 0 Å². The van der Waals surface area contributed by atoms with Crippen molar-refractivity contribution in [3.63, 3.8) is 0 Å². The van der Waals surface area contributed by atoms with E-state index < -0.39 is 29.7 Å². The van der Waals surface area contributed by atoms with Gasteiger partial charge in [0.2, 0.25) is 5.91 Å². The molecule has 1 heterocycles. The van der Waals surface area contributed by atoms with Gasteiger partial charge in [0.25, 0.3) is 0 Å². The standard InChI is InChI=1S/C27H35N3O4/c1-6-22(24(31)30-23(19-28(5)26(30)33)25(32)34-27(2,3)4)29(17-20-13-9-7-10-14-20)18-21-15-11-8-12-16-21/h7-16,22-23H,6,17-19H2,1-5H3/t22-,23+/m1/s1. The van der Waals surface area contributed by atoms with E-state index in [-0.39, 0.29) is 12.5 Å². The first-order valence-corrected chi connectivity index (χ1v) is 11.7. The molecule has 0 spiro atoms. The number of likely N-dealkylation sites (N-methyl/N-ethyl adjacent to an activating group) is 1. The van der Waals surface area contributed by atoms with Gasteiger partial charge in [0.05, 0.1) is 12.6 Å². The lowest BCUT2D eigenvalue weighted by Crippen LogP contribution is -2.53. The molecule has 7 nitrogen and oxygen atoms in total. The van der Waals surface area contributed by atoms with Crippen LogP contribution in [0.25, 0.3) is 0 Å².